The molecular weight excluding hydrogens is 426 g/mol. The molecule has 0 radical (unpaired) electrons. The zero-order valence-electron chi connectivity index (χ0n) is 18.1. The Labute approximate surface area is 190 Å². The van der Waals surface area contributed by atoms with Crippen LogP contribution in [0.15, 0.2) is 12.4 Å². The van der Waals surface area contributed by atoms with E-state index in [9.17, 15) is 0 Å². The van der Waals surface area contributed by atoms with Gasteiger partial charge >= 0.3 is 0 Å². The minimum absolute atomic E-state index is 0.433. The summed E-state index contributed by atoms with van der Waals surface area (Å²) in [5, 5.41) is 15.1. The summed E-state index contributed by atoms with van der Waals surface area (Å²) in [6.07, 6.45) is 9.23. The van der Waals surface area contributed by atoms with Crippen molar-refractivity contribution in [1.29, 1.82) is 0 Å². The Morgan fingerprint density at radius 1 is 1.06 bits per heavy atom. The summed E-state index contributed by atoms with van der Waals surface area (Å²) in [4.78, 5) is 14.7. The van der Waals surface area contributed by atoms with E-state index in [1.165, 1.54) is 28.7 Å². The van der Waals surface area contributed by atoms with Gasteiger partial charge in [-0.2, -0.15) is 10.1 Å². The number of nitrogens with one attached hydrogen (secondary N) is 3. The van der Waals surface area contributed by atoms with Gasteiger partial charge in [0.1, 0.15) is 10.6 Å². The van der Waals surface area contributed by atoms with Crippen molar-refractivity contribution in [1.82, 2.24) is 25.1 Å². The quantitative estimate of drug-likeness (QED) is 0.539. The topological polar surface area (TPSA) is 100 Å². The molecule has 6 rings (SSSR count). The number of nitrogens with zero attached hydrogens (tertiary/aromatic N) is 4. The lowest BCUT2D eigenvalue weighted by molar-refractivity contribution is 0.00791. The Balaban J connectivity index is 1.24. The molecular formula is C22H29N7O2S. The van der Waals surface area contributed by atoms with Crippen LogP contribution >= 0.6 is 11.3 Å². The third-order valence-corrected chi connectivity index (χ3v) is 7.92. The molecule has 10 heteroatoms. The Kier molecular flexibility index (Phi) is 5.68. The van der Waals surface area contributed by atoms with Crippen LogP contribution in [0, 0.1) is 0 Å². The molecule has 3 N–H and O–H groups in total. The number of thiophene rings is 1. The molecule has 1 saturated carbocycles. The van der Waals surface area contributed by atoms with Gasteiger partial charge in [-0.15, -0.1) is 11.3 Å². The highest BCUT2D eigenvalue weighted by Gasteiger charge is 2.28. The fourth-order valence-corrected chi connectivity index (χ4v) is 6.31. The van der Waals surface area contributed by atoms with Gasteiger partial charge in [-0.3, -0.25) is 10.00 Å². The van der Waals surface area contributed by atoms with Crippen molar-refractivity contribution < 1.29 is 9.47 Å². The van der Waals surface area contributed by atoms with Crippen molar-refractivity contribution in [2.45, 2.75) is 50.8 Å². The highest BCUT2D eigenvalue weighted by Crippen LogP contribution is 2.39. The summed E-state index contributed by atoms with van der Waals surface area (Å²) < 4.78 is 11.2. The van der Waals surface area contributed by atoms with Gasteiger partial charge < -0.3 is 20.1 Å². The van der Waals surface area contributed by atoms with Crippen molar-refractivity contribution in [2.24, 2.45) is 0 Å². The lowest BCUT2D eigenvalue weighted by Crippen LogP contribution is -2.46. The van der Waals surface area contributed by atoms with Crippen LogP contribution in [-0.4, -0.2) is 70.1 Å². The van der Waals surface area contributed by atoms with Crippen molar-refractivity contribution in [2.75, 3.05) is 43.5 Å². The van der Waals surface area contributed by atoms with Gasteiger partial charge in [0.25, 0.3) is 0 Å². The molecule has 0 unspecified atom stereocenters. The molecule has 170 valence electrons. The van der Waals surface area contributed by atoms with Gasteiger partial charge in [-0.1, -0.05) is 0 Å². The Hall–Kier alpha value is -2.27. The SMILES string of the molecule is c1n[nH]cc1Nc1nc(NC2CCC(N3CCOCC3)CC2)c2c3c(sc2n1)COCC3. The normalized spacial score (nSPS) is 24.4. The van der Waals surface area contributed by atoms with Gasteiger partial charge in [0.15, 0.2) is 0 Å². The number of aromatic amines is 1. The highest BCUT2D eigenvalue weighted by molar-refractivity contribution is 7.19. The molecule has 0 spiro atoms. The van der Waals surface area contributed by atoms with Gasteiger partial charge in [-0.25, -0.2) is 4.98 Å². The van der Waals surface area contributed by atoms with E-state index in [1.54, 1.807) is 23.7 Å². The number of morpholine rings is 1. The van der Waals surface area contributed by atoms with Crippen molar-refractivity contribution in [3.05, 3.63) is 22.8 Å². The number of anilines is 3. The predicted molar refractivity (Wildman–Crippen MR) is 125 cm³/mol. The first-order chi connectivity index (χ1) is 15.8. The zero-order valence-corrected chi connectivity index (χ0v) is 18.9. The molecule has 3 aromatic heterocycles. The molecule has 0 bridgehead atoms. The van der Waals surface area contributed by atoms with Crippen LogP contribution < -0.4 is 10.6 Å². The molecule has 32 heavy (non-hydrogen) atoms. The summed E-state index contributed by atoms with van der Waals surface area (Å²) in [6, 6.07) is 1.12. The third kappa shape index (κ3) is 4.07. The maximum Gasteiger partial charge on any atom is 0.230 e. The van der Waals surface area contributed by atoms with Gasteiger partial charge in [-0.05, 0) is 37.7 Å². The first-order valence-electron chi connectivity index (χ1n) is 11.6. The van der Waals surface area contributed by atoms with Crippen LogP contribution in [0.5, 0.6) is 0 Å². The molecule has 1 saturated heterocycles. The van der Waals surface area contributed by atoms with E-state index >= 15 is 0 Å². The average molecular weight is 456 g/mol. The van der Waals surface area contributed by atoms with E-state index in [-0.39, 0.29) is 0 Å². The van der Waals surface area contributed by atoms with Crippen molar-refractivity contribution in [3.63, 3.8) is 0 Å². The second kappa shape index (κ2) is 8.93. The molecule has 0 aromatic carbocycles. The van der Waals surface area contributed by atoms with E-state index in [2.05, 4.69) is 25.7 Å². The zero-order chi connectivity index (χ0) is 21.3. The summed E-state index contributed by atoms with van der Waals surface area (Å²) in [5.41, 5.74) is 2.21. The predicted octanol–water partition coefficient (Wildman–Crippen LogP) is 3.29. The lowest BCUT2D eigenvalue weighted by atomic mass is 9.90. The van der Waals surface area contributed by atoms with Gasteiger partial charge in [0, 0.05) is 36.2 Å². The Morgan fingerprint density at radius 2 is 1.94 bits per heavy atom. The average Bonchev–Trinajstić information content (AvgIpc) is 3.47. The number of fused-ring (bicyclic) bond motifs is 3. The minimum Gasteiger partial charge on any atom is -0.379 e. The Bertz CT molecular complexity index is 1060. The first-order valence-corrected chi connectivity index (χ1v) is 12.4. The second-order valence-corrected chi connectivity index (χ2v) is 9.88. The smallest absolute Gasteiger partial charge is 0.230 e. The molecule has 5 heterocycles. The number of aromatic nitrogens is 4. The summed E-state index contributed by atoms with van der Waals surface area (Å²) >= 11 is 1.72. The number of rotatable bonds is 5. The van der Waals surface area contributed by atoms with Crippen LogP contribution in [0.25, 0.3) is 10.2 Å². The van der Waals surface area contributed by atoms with E-state index in [0.717, 1.165) is 68.5 Å². The molecule has 3 aliphatic rings. The van der Waals surface area contributed by atoms with E-state index in [4.69, 9.17) is 19.4 Å². The third-order valence-electron chi connectivity index (χ3n) is 6.82. The van der Waals surface area contributed by atoms with Crippen LogP contribution in [0.3, 0.4) is 0 Å². The summed E-state index contributed by atoms with van der Waals surface area (Å²) in [5.74, 6) is 1.55. The molecule has 3 aromatic rings. The maximum atomic E-state index is 5.70. The Morgan fingerprint density at radius 3 is 2.75 bits per heavy atom. The lowest BCUT2D eigenvalue weighted by Gasteiger charge is -2.39. The summed E-state index contributed by atoms with van der Waals surface area (Å²) in [6.45, 7) is 5.32. The largest absolute Gasteiger partial charge is 0.379 e. The highest BCUT2D eigenvalue weighted by atomic mass is 32.1. The molecule has 9 nitrogen and oxygen atoms in total. The molecule has 0 amide bonds. The number of H-pyrrole nitrogens is 1. The fourth-order valence-electron chi connectivity index (χ4n) is 5.15. The molecule has 2 aliphatic heterocycles. The monoisotopic (exact) mass is 455 g/mol. The van der Waals surface area contributed by atoms with Crippen LogP contribution in [-0.2, 0) is 22.5 Å². The molecule has 2 fully saturated rings. The van der Waals surface area contributed by atoms with Gasteiger partial charge in [0.05, 0.1) is 43.7 Å². The minimum atomic E-state index is 0.433. The standard InChI is InChI=1S/C22H29N7O2S/c1-3-16(29-6-9-30-10-7-29)4-2-14(1)25-20-19-17-5-8-31-13-18(17)32-21(19)28-22(27-20)26-15-11-23-24-12-15/h11-12,14,16H,1-10,13H2,(H,23,24)(H2,25,26,27,28). The maximum absolute atomic E-state index is 5.70. The molecule has 1 aliphatic carbocycles. The van der Waals surface area contributed by atoms with E-state index in [0.29, 0.717) is 24.6 Å². The number of hydrogen-bond donors (Lipinski definition) is 3. The van der Waals surface area contributed by atoms with Crippen molar-refractivity contribution >= 4 is 39.0 Å². The first kappa shape index (κ1) is 20.3. The van der Waals surface area contributed by atoms with Crippen LogP contribution in [0.1, 0.15) is 36.1 Å². The van der Waals surface area contributed by atoms with Crippen LogP contribution in [0.4, 0.5) is 17.5 Å². The van der Waals surface area contributed by atoms with E-state index < -0.39 is 0 Å². The second-order valence-electron chi connectivity index (χ2n) is 8.79. The summed E-state index contributed by atoms with van der Waals surface area (Å²) in [7, 11) is 0. The van der Waals surface area contributed by atoms with Crippen LogP contribution in [0.2, 0.25) is 0 Å². The fraction of sp³-hybridized carbons (Fsp3) is 0.591. The van der Waals surface area contributed by atoms with E-state index in [1.807, 2.05) is 0 Å². The van der Waals surface area contributed by atoms with Crippen molar-refractivity contribution in [3.8, 4) is 0 Å². The number of hydrogen-bond acceptors (Lipinski definition) is 9. The molecule has 0 atom stereocenters. The van der Waals surface area contributed by atoms with Gasteiger partial charge in [0.2, 0.25) is 5.95 Å². The number of ether oxygens (including phenoxy) is 2.